The van der Waals surface area contributed by atoms with Crippen molar-refractivity contribution in [2.45, 2.75) is 19.3 Å². The van der Waals surface area contributed by atoms with Crippen molar-refractivity contribution < 1.29 is 14.3 Å². The fourth-order valence-corrected chi connectivity index (χ4v) is 3.43. The number of aromatic amines is 1. The number of rotatable bonds is 7. The van der Waals surface area contributed by atoms with Crippen LogP contribution in [-0.4, -0.2) is 30.5 Å². The number of benzene rings is 2. The van der Waals surface area contributed by atoms with E-state index in [2.05, 4.69) is 21.7 Å². The van der Waals surface area contributed by atoms with Crippen LogP contribution in [0, 0.1) is 5.41 Å². The summed E-state index contributed by atoms with van der Waals surface area (Å²) in [6.07, 6.45) is 3.84. The first kappa shape index (κ1) is 18.1. The van der Waals surface area contributed by atoms with E-state index >= 15 is 0 Å². The molecule has 6 heteroatoms. The Morgan fingerprint density at radius 2 is 1.82 bits per heavy atom. The molecule has 1 fully saturated rings. The highest BCUT2D eigenvalue weighted by atomic mass is 16.5. The SMILES string of the molecule is COc1ccc(NC(=O)C2(C(=O)NCCc3c[nH]c4ccccc34)CC2)cc1. The van der Waals surface area contributed by atoms with Crippen LogP contribution in [0.1, 0.15) is 18.4 Å². The van der Waals surface area contributed by atoms with Crippen LogP contribution in [-0.2, 0) is 16.0 Å². The Balaban J connectivity index is 1.33. The van der Waals surface area contributed by atoms with Crippen molar-refractivity contribution in [2.75, 3.05) is 19.0 Å². The zero-order valence-corrected chi connectivity index (χ0v) is 15.7. The van der Waals surface area contributed by atoms with E-state index in [1.165, 1.54) is 0 Å². The number of fused-ring (bicyclic) bond motifs is 1. The van der Waals surface area contributed by atoms with Crippen LogP contribution >= 0.6 is 0 Å². The van der Waals surface area contributed by atoms with Gasteiger partial charge in [0.2, 0.25) is 11.8 Å². The lowest BCUT2D eigenvalue weighted by molar-refractivity contribution is -0.134. The lowest BCUT2D eigenvalue weighted by Gasteiger charge is -2.15. The molecule has 1 heterocycles. The summed E-state index contributed by atoms with van der Waals surface area (Å²) < 4.78 is 5.11. The lowest BCUT2D eigenvalue weighted by Crippen LogP contribution is -2.40. The standard InChI is InChI=1S/C22H23N3O3/c1-28-17-8-6-16(7-9-17)25-21(27)22(11-12-22)20(26)23-13-10-15-14-24-19-5-3-2-4-18(15)19/h2-9,14,24H,10-13H2,1H3,(H,23,26)(H,25,27). The van der Waals surface area contributed by atoms with Gasteiger partial charge in [-0.2, -0.15) is 0 Å². The molecule has 1 aliphatic rings. The molecule has 2 aromatic carbocycles. The van der Waals surface area contributed by atoms with Gasteiger partial charge in [0.05, 0.1) is 7.11 Å². The van der Waals surface area contributed by atoms with Crippen molar-refractivity contribution in [2.24, 2.45) is 5.41 Å². The van der Waals surface area contributed by atoms with Crippen LogP contribution < -0.4 is 15.4 Å². The van der Waals surface area contributed by atoms with E-state index in [-0.39, 0.29) is 11.8 Å². The number of amides is 2. The molecule has 0 unspecified atom stereocenters. The molecular weight excluding hydrogens is 354 g/mol. The molecule has 3 aromatic rings. The van der Waals surface area contributed by atoms with Gasteiger partial charge in [-0.15, -0.1) is 0 Å². The molecule has 0 bridgehead atoms. The number of carbonyl (C=O) groups excluding carboxylic acids is 2. The summed E-state index contributed by atoms with van der Waals surface area (Å²) in [7, 11) is 1.59. The summed E-state index contributed by atoms with van der Waals surface area (Å²) >= 11 is 0. The van der Waals surface area contributed by atoms with Crippen molar-refractivity contribution >= 4 is 28.4 Å². The number of hydrogen-bond donors (Lipinski definition) is 3. The van der Waals surface area contributed by atoms with Gasteiger partial charge in [-0.25, -0.2) is 0 Å². The predicted molar refractivity (Wildman–Crippen MR) is 108 cm³/mol. The number of methoxy groups -OCH3 is 1. The van der Waals surface area contributed by atoms with Gasteiger partial charge in [0, 0.05) is 29.3 Å². The topological polar surface area (TPSA) is 83.2 Å². The molecule has 2 amide bonds. The summed E-state index contributed by atoms with van der Waals surface area (Å²) in [5, 5.41) is 6.95. The highest BCUT2D eigenvalue weighted by molar-refractivity contribution is 6.13. The van der Waals surface area contributed by atoms with Crippen LogP contribution in [0.25, 0.3) is 10.9 Å². The van der Waals surface area contributed by atoms with Gasteiger partial charge in [-0.05, 0) is 55.2 Å². The first-order chi connectivity index (χ1) is 13.6. The minimum absolute atomic E-state index is 0.196. The number of anilines is 1. The lowest BCUT2D eigenvalue weighted by atomic mass is 10.0. The molecule has 28 heavy (non-hydrogen) atoms. The van der Waals surface area contributed by atoms with Crippen LogP contribution in [0.4, 0.5) is 5.69 Å². The van der Waals surface area contributed by atoms with Crippen molar-refractivity contribution in [3.05, 3.63) is 60.3 Å². The van der Waals surface area contributed by atoms with Gasteiger partial charge < -0.3 is 20.4 Å². The van der Waals surface area contributed by atoms with Crippen molar-refractivity contribution in [3.63, 3.8) is 0 Å². The molecule has 3 N–H and O–H groups in total. The molecule has 0 saturated heterocycles. The van der Waals surface area contributed by atoms with Crippen molar-refractivity contribution in [1.29, 1.82) is 0 Å². The third-order valence-corrected chi connectivity index (χ3v) is 5.32. The second kappa shape index (κ2) is 7.38. The van der Waals surface area contributed by atoms with Gasteiger partial charge >= 0.3 is 0 Å². The van der Waals surface area contributed by atoms with Gasteiger partial charge in [0.15, 0.2) is 0 Å². The van der Waals surface area contributed by atoms with E-state index in [1.807, 2.05) is 24.4 Å². The second-order valence-electron chi connectivity index (χ2n) is 7.13. The van der Waals surface area contributed by atoms with Crippen LogP contribution in [0.3, 0.4) is 0 Å². The first-order valence-corrected chi connectivity index (χ1v) is 9.41. The molecule has 1 aromatic heterocycles. The van der Waals surface area contributed by atoms with E-state index < -0.39 is 5.41 Å². The number of carbonyl (C=O) groups is 2. The minimum Gasteiger partial charge on any atom is -0.497 e. The smallest absolute Gasteiger partial charge is 0.240 e. The average Bonchev–Trinajstić information content (AvgIpc) is 3.45. The van der Waals surface area contributed by atoms with E-state index in [1.54, 1.807) is 31.4 Å². The molecular formula is C22H23N3O3. The van der Waals surface area contributed by atoms with Gasteiger partial charge in [-0.3, -0.25) is 9.59 Å². The highest BCUT2D eigenvalue weighted by Gasteiger charge is 2.56. The predicted octanol–water partition coefficient (Wildman–Crippen LogP) is 3.25. The molecule has 4 rings (SSSR count). The average molecular weight is 377 g/mol. The first-order valence-electron chi connectivity index (χ1n) is 9.41. The van der Waals surface area contributed by atoms with Crippen molar-refractivity contribution in [1.82, 2.24) is 10.3 Å². The van der Waals surface area contributed by atoms with E-state index in [0.29, 0.717) is 37.2 Å². The fourth-order valence-electron chi connectivity index (χ4n) is 3.43. The maximum absolute atomic E-state index is 12.7. The van der Waals surface area contributed by atoms with Crippen LogP contribution in [0.15, 0.2) is 54.7 Å². The Morgan fingerprint density at radius 3 is 2.54 bits per heavy atom. The second-order valence-corrected chi connectivity index (χ2v) is 7.13. The van der Waals surface area contributed by atoms with Gasteiger partial charge in [-0.1, -0.05) is 18.2 Å². The summed E-state index contributed by atoms with van der Waals surface area (Å²) in [5.74, 6) is 0.273. The van der Waals surface area contributed by atoms with Gasteiger partial charge in [0.25, 0.3) is 0 Å². The number of aromatic nitrogens is 1. The summed E-state index contributed by atoms with van der Waals surface area (Å²) in [4.78, 5) is 28.5. The Labute approximate surface area is 163 Å². The maximum atomic E-state index is 12.7. The molecule has 0 radical (unpaired) electrons. The fraction of sp³-hybridized carbons (Fsp3) is 0.273. The highest BCUT2D eigenvalue weighted by Crippen LogP contribution is 2.46. The van der Waals surface area contributed by atoms with Crippen LogP contribution in [0.5, 0.6) is 5.75 Å². The Morgan fingerprint density at radius 1 is 1.07 bits per heavy atom. The normalized spacial score (nSPS) is 14.5. The quantitative estimate of drug-likeness (QED) is 0.553. The molecule has 0 atom stereocenters. The third kappa shape index (κ3) is 3.45. The third-order valence-electron chi connectivity index (χ3n) is 5.32. The molecule has 0 spiro atoms. The Kier molecular flexibility index (Phi) is 4.77. The number of nitrogens with one attached hydrogen (secondary N) is 3. The van der Waals surface area contributed by atoms with Gasteiger partial charge in [0.1, 0.15) is 11.2 Å². The molecule has 1 aliphatic carbocycles. The molecule has 6 nitrogen and oxygen atoms in total. The summed E-state index contributed by atoms with van der Waals surface area (Å²) in [6.45, 7) is 0.498. The van der Waals surface area contributed by atoms with E-state index in [9.17, 15) is 9.59 Å². The zero-order chi connectivity index (χ0) is 19.6. The minimum atomic E-state index is -0.944. The Bertz CT molecular complexity index is 1000. The largest absolute Gasteiger partial charge is 0.497 e. The number of hydrogen-bond acceptors (Lipinski definition) is 3. The van der Waals surface area contributed by atoms with E-state index in [4.69, 9.17) is 4.74 Å². The molecule has 1 saturated carbocycles. The molecule has 144 valence electrons. The van der Waals surface area contributed by atoms with Crippen molar-refractivity contribution in [3.8, 4) is 5.75 Å². The number of para-hydroxylation sites is 1. The number of H-pyrrole nitrogens is 1. The number of ether oxygens (including phenoxy) is 1. The Hall–Kier alpha value is -3.28. The van der Waals surface area contributed by atoms with E-state index in [0.717, 1.165) is 16.5 Å². The summed E-state index contributed by atoms with van der Waals surface area (Å²) in [6, 6.07) is 15.2. The van der Waals surface area contributed by atoms with Crippen LogP contribution in [0.2, 0.25) is 0 Å². The summed E-state index contributed by atoms with van der Waals surface area (Å²) in [5.41, 5.74) is 1.95. The monoisotopic (exact) mass is 377 g/mol. The maximum Gasteiger partial charge on any atom is 0.240 e. The molecule has 0 aliphatic heterocycles. The zero-order valence-electron chi connectivity index (χ0n) is 15.7.